The van der Waals surface area contributed by atoms with Crippen LogP contribution < -0.4 is 0 Å². The Morgan fingerprint density at radius 1 is 1.52 bits per heavy atom. The number of amides is 1. The molecule has 7 nitrogen and oxygen atoms in total. The number of carboxylic acids is 1. The van der Waals surface area contributed by atoms with E-state index in [1.54, 1.807) is 6.92 Å². The van der Waals surface area contributed by atoms with Gasteiger partial charge in [-0.2, -0.15) is 5.26 Å². The maximum Gasteiger partial charge on any atom is 0.311 e. The van der Waals surface area contributed by atoms with E-state index in [9.17, 15) is 14.7 Å². The van der Waals surface area contributed by atoms with Gasteiger partial charge in [-0.25, -0.2) is 4.98 Å². The Balaban J connectivity index is 2.21. The Hall–Kier alpha value is -2.46. The summed E-state index contributed by atoms with van der Waals surface area (Å²) in [7, 11) is 0. The molecule has 0 bridgehead atoms. The van der Waals surface area contributed by atoms with Gasteiger partial charge in [-0.1, -0.05) is 0 Å². The number of likely N-dealkylation sites (N-methyl/N-ethyl adjacent to an activating group) is 1. The number of nitrogens with zero attached hydrogens (tertiary/aromatic N) is 3. The molecule has 2 heterocycles. The summed E-state index contributed by atoms with van der Waals surface area (Å²) in [6.45, 7) is 2.44. The maximum absolute atomic E-state index is 12.5. The predicted octanol–water partition coefficient (Wildman–Crippen LogP) is 0.515. The molecule has 1 N–H and O–H groups in total. The van der Waals surface area contributed by atoms with Crippen LogP contribution in [0.1, 0.15) is 23.0 Å². The molecular formula is C14H15N3O4. The van der Waals surface area contributed by atoms with Crippen LogP contribution in [0.15, 0.2) is 18.3 Å². The van der Waals surface area contributed by atoms with Crippen molar-refractivity contribution in [3.63, 3.8) is 0 Å². The van der Waals surface area contributed by atoms with Gasteiger partial charge in [0.1, 0.15) is 17.7 Å². The third kappa shape index (κ3) is 3.01. The van der Waals surface area contributed by atoms with Crippen LogP contribution in [0.4, 0.5) is 0 Å². The quantitative estimate of drug-likeness (QED) is 0.866. The summed E-state index contributed by atoms with van der Waals surface area (Å²) in [5, 5.41) is 17.9. The molecule has 2 atom stereocenters. The minimum absolute atomic E-state index is 0.102. The lowest BCUT2D eigenvalue weighted by Gasteiger charge is -2.29. The first-order chi connectivity index (χ1) is 10.1. The van der Waals surface area contributed by atoms with Crippen molar-refractivity contribution < 1.29 is 19.4 Å². The average molecular weight is 289 g/mol. The van der Waals surface area contributed by atoms with E-state index in [2.05, 4.69) is 4.98 Å². The number of pyridine rings is 1. The lowest BCUT2D eigenvalue weighted by Crippen LogP contribution is -2.46. The Morgan fingerprint density at radius 3 is 2.81 bits per heavy atom. The minimum atomic E-state index is -0.975. The third-order valence-electron chi connectivity index (χ3n) is 3.48. The largest absolute Gasteiger partial charge is 0.481 e. The van der Waals surface area contributed by atoms with Gasteiger partial charge >= 0.3 is 5.97 Å². The number of hydrogen-bond donors (Lipinski definition) is 1. The lowest BCUT2D eigenvalue weighted by atomic mass is 10.0. The van der Waals surface area contributed by atoms with E-state index in [0.717, 1.165) is 0 Å². The van der Waals surface area contributed by atoms with Crippen LogP contribution in [0.3, 0.4) is 0 Å². The smallest absolute Gasteiger partial charge is 0.311 e. The molecule has 110 valence electrons. The number of hydrogen-bond acceptors (Lipinski definition) is 5. The van der Waals surface area contributed by atoms with E-state index in [0.29, 0.717) is 12.1 Å². The first-order valence-corrected chi connectivity index (χ1v) is 6.56. The summed E-state index contributed by atoms with van der Waals surface area (Å²) >= 11 is 0. The predicted molar refractivity (Wildman–Crippen MR) is 71.4 cm³/mol. The molecule has 1 aromatic rings. The Bertz CT molecular complexity index is 579. The zero-order chi connectivity index (χ0) is 15.4. The van der Waals surface area contributed by atoms with Crippen molar-refractivity contribution in [2.45, 2.75) is 13.0 Å². The van der Waals surface area contributed by atoms with Gasteiger partial charge in [0.2, 0.25) is 0 Å². The highest BCUT2D eigenvalue weighted by Gasteiger charge is 2.39. The fourth-order valence-corrected chi connectivity index (χ4v) is 2.35. The number of nitriles is 1. The lowest BCUT2D eigenvalue weighted by molar-refractivity contribution is -0.142. The molecule has 1 aromatic heterocycles. The molecule has 7 heteroatoms. The Kier molecular flexibility index (Phi) is 4.50. The highest BCUT2D eigenvalue weighted by molar-refractivity contribution is 5.93. The molecule has 0 radical (unpaired) electrons. The van der Waals surface area contributed by atoms with Crippen molar-refractivity contribution in [2.75, 3.05) is 19.8 Å². The minimum Gasteiger partial charge on any atom is -0.481 e. The molecule has 0 aromatic carbocycles. The zero-order valence-corrected chi connectivity index (χ0v) is 11.5. The molecule has 0 aliphatic carbocycles. The van der Waals surface area contributed by atoms with Crippen LogP contribution >= 0.6 is 0 Å². The molecule has 1 aliphatic rings. The standard InChI is InChI=1S/C14H15N3O4/c1-2-17(12-8-21-7-10(12)14(19)20)13(18)11-4-3-9(5-15)6-16-11/h3-4,6,10,12H,2,7-8H2,1H3,(H,19,20). The van der Waals surface area contributed by atoms with Crippen molar-refractivity contribution in [1.29, 1.82) is 5.26 Å². The Morgan fingerprint density at radius 2 is 2.29 bits per heavy atom. The first-order valence-electron chi connectivity index (χ1n) is 6.56. The molecule has 1 saturated heterocycles. The van der Waals surface area contributed by atoms with Crippen LogP contribution in [0.25, 0.3) is 0 Å². The summed E-state index contributed by atoms with van der Waals surface area (Å²) in [6.07, 6.45) is 1.32. The summed E-state index contributed by atoms with van der Waals surface area (Å²) in [4.78, 5) is 29.1. The average Bonchev–Trinajstić information content (AvgIpc) is 2.97. The van der Waals surface area contributed by atoms with Crippen molar-refractivity contribution in [3.05, 3.63) is 29.6 Å². The number of aliphatic carboxylic acids is 1. The first kappa shape index (κ1) is 14.9. The third-order valence-corrected chi connectivity index (χ3v) is 3.48. The van der Waals surface area contributed by atoms with E-state index in [4.69, 9.17) is 10.00 Å². The second-order valence-electron chi connectivity index (χ2n) is 4.68. The van der Waals surface area contributed by atoms with E-state index in [1.165, 1.54) is 23.2 Å². The molecule has 1 fully saturated rings. The molecule has 1 aliphatic heterocycles. The SMILES string of the molecule is CCN(C(=O)c1ccc(C#N)cn1)C1COCC1C(=O)O. The number of carboxylic acid groups (broad SMARTS) is 1. The Labute approximate surface area is 121 Å². The van der Waals surface area contributed by atoms with E-state index in [-0.39, 0.29) is 24.8 Å². The number of aromatic nitrogens is 1. The van der Waals surface area contributed by atoms with E-state index < -0.39 is 17.9 Å². The maximum atomic E-state index is 12.5. The molecule has 2 unspecified atom stereocenters. The molecule has 21 heavy (non-hydrogen) atoms. The normalized spacial score (nSPS) is 20.8. The van der Waals surface area contributed by atoms with Crippen molar-refractivity contribution in [1.82, 2.24) is 9.88 Å². The second-order valence-corrected chi connectivity index (χ2v) is 4.68. The number of rotatable bonds is 4. The van der Waals surface area contributed by atoms with Gasteiger partial charge in [-0.3, -0.25) is 9.59 Å². The summed E-state index contributed by atoms with van der Waals surface area (Å²) in [5.41, 5.74) is 0.550. The highest BCUT2D eigenvalue weighted by Crippen LogP contribution is 2.21. The van der Waals surface area contributed by atoms with Gasteiger partial charge in [0.15, 0.2) is 0 Å². The van der Waals surface area contributed by atoms with Gasteiger partial charge in [0.25, 0.3) is 5.91 Å². The van der Waals surface area contributed by atoms with Gasteiger partial charge in [0.05, 0.1) is 24.8 Å². The van der Waals surface area contributed by atoms with Crippen LogP contribution in [0, 0.1) is 17.2 Å². The number of ether oxygens (including phenoxy) is 1. The van der Waals surface area contributed by atoms with Crippen LogP contribution in [-0.4, -0.2) is 52.7 Å². The molecular weight excluding hydrogens is 274 g/mol. The van der Waals surface area contributed by atoms with Gasteiger partial charge < -0.3 is 14.7 Å². The monoisotopic (exact) mass is 289 g/mol. The topological polar surface area (TPSA) is 104 Å². The van der Waals surface area contributed by atoms with Crippen LogP contribution in [0.5, 0.6) is 0 Å². The molecule has 0 spiro atoms. The van der Waals surface area contributed by atoms with Crippen LogP contribution in [0.2, 0.25) is 0 Å². The van der Waals surface area contributed by atoms with Crippen LogP contribution in [-0.2, 0) is 9.53 Å². The second kappa shape index (κ2) is 6.33. The number of carbonyl (C=O) groups is 2. The molecule has 0 saturated carbocycles. The van der Waals surface area contributed by atoms with Gasteiger partial charge in [-0.15, -0.1) is 0 Å². The summed E-state index contributed by atoms with van der Waals surface area (Å²) in [5.74, 6) is -2.06. The summed E-state index contributed by atoms with van der Waals surface area (Å²) in [6, 6.07) is 4.40. The van der Waals surface area contributed by atoms with Crippen molar-refractivity contribution in [3.8, 4) is 6.07 Å². The van der Waals surface area contributed by atoms with Crippen molar-refractivity contribution in [2.24, 2.45) is 5.92 Å². The van der Waals surface area contributed by atoms with E-state index >= 15 is 0 Å². The van der Waals surface area contributed by atoms with Crippen molar-refractivity contribution >= 4 is 11.9 Å². The zero-order valence-electron chi connectivity index (χ0n) is 11.5. The summed E-state index contributed by atoms with van der Waals surface area (Å²) < 4.78 is 5.20. The molecule has 1 amide bonds. The van der Waals surface area contributed by atoms with Gasteiger partial charge in [-0.05, 0) is 19.1 Å². The highest BCUT2D eigenvalue weighted by atomic mass is 16.5. The fourth-order valence-electron chi connectivity index (χ4n) is 2.35. The number of carbonyl (C=O) groups excluding carboxylic acids is 1. The fraction of sp³-hybridized carbons (Fsp3) is 0.429. The molecule has 2 rings (SSSR count). The van der Waals surface area contributed by atoms with Gasteiger partial charge in [0, 0.05) is 12.7 Å². The van der Waals surface area contributed by atoms with E-state index in [1.807, 2.05) is 6.07 Å².